The summed E-state index contributed by atoms with van der Waals surface area (Å²) < 4.78 is 27.2. The Morgan fingerprint density at radius 1 is 0.816 bits per heavy atom. The molecule has 2 aromatic carbocycles. The van der Waals surface area contributed by atoms with E-state index in [0.717, 1.165) is 17.0 Å². The van der Waals surface area contributed by atoms with Crippen LogP contribution in [0.1, 0.15) is 11.1 Å². The molecule has 0 bridgehead atoms. The molecule has 2 saturated heterocycles. The van der Waals surface area contributed by atoms with Gasteiger partial charge in [-0.25, -0.2) is 4.79 Å². The molecule has 5 rings (SSSR count). The number of methoxy groups -OCH3 is 1. The molecule has 18 heteroatoms. The van der Waals surface area contributed by atoms with E-state index in [2.05, 4.69) is 0 Å². The number of nitrogens with zero attached hydrogens (tertiary/aromatic N) is 1. The van der Waals surface area contributed by atoms with Crippen molar-refractivity contribution in [2.45, 2.75) is 73.9 Å². The highest BCUT2D eigenvalue weighted by Gasteiger charge is 2.46. The predicted molar refractivity (Wildman–Crippen MR) is 162 cm³/mol. The topological polar surface area (TPSA) is 286 Å². The zero-order valence-electron chi connectivity index (χ0n) is 25.8. The van der Waals surface area contributed by atoms with Crippen molar-refractivity contribution in [3.63, 3.8) is 0 Å². The van der Waals surface area contributed by atoms with Crippen molar-refractivity contribution in [3.05, 3.63) is 47.5 Å². The quantitative estimate of drug-likeness (QED) is 0.110. The van der Waals surface area contributed by atoms with Crippen LogP contribution in [0.4, 0.5) is 5.69 Å². The van der Waals surface area contributed by atoms with Gasteiger partial charge in [-0.05, 0) is 35.4 Å². The summed E-state index contributed by atoms with van der Waals surface area (Å²) in [6, 6.07) is 5.30. The number of aliphatic hydroxyl groups excluding tert-OH is 8. The zero-order chi connectivity index (χ0) is 35.7. The number of carboxylic acids is 1. The third kappa shape index (κ3) is 7.15. The molecule has 3 aliphatic heterocycles. The molecule has 0 aliphatic carbocycles. The summed E-state index contributed by atoms with van der Waals surface area (Å²) in [6.07, 6.45) is -13.5. The maximum Gasteiger partial charge on any atom is 0.327 e. The van der Waals surface area contributed by atoms with Crippen LogP contribution in [0, 0.1) is 0 Å². The average molecular weight is 696 g/mol. The highest BCUT2D eigenvalue weighted by Crippen LogP contribution is 2.42. The van der Waals surface area contributed by atoms with E-state index in [4.69, 9.17) is 23.7 Å². The van der Waals surface area contributed by atoms with Crippen molar-refractivity contribution < 1.29 is 84.3 Å². The first-order valence-corrected chi connectivity index (χ1v) is 15.0. The number of phenols is 1. The van der Waals surface area contributed by atoms with Gasteiger partial charge in [-0.15, -0.1) is 0 Å². The second-order valence-electron chi connectivity index (χ2n) is 11.6. The number of carbonyl (C=O) groups excluding carboxylic acids is 1. The van der Waals surface area contributed by atoms with E-state index in [1.165, 1.54) is 37.5 Å². The van der Waals surface area contributed by atoms with Crippen LogP contribution in [0.5, 0.6) is 23.0 Å². The van der Waals surface area contributed by atoms with Gasteiger partial charge in [0.1, 0.15) is 54.9 Å². The van der Waals surface area contributed by atoms with Gasteiger partial charge in [0.25, 0.3) is 5.91 Å². The maximum absolute atomic E-state index is 13.5. The minimum absolute atomic E-state index is 0.0430. The fourth-order valence-electron chi connectivity index (χ4n) is 5.73. The SMILES string of the molecule is COc1cc(/C=C/C(=O)N2c3cc(O[C@@H]4O[C@H](CO)[C@@H](O)[C@H](O)[C@H]4O)c(O)cc3C[C@H]2C(=O)O)ccc1O[C@@H]1O[C@H](CO)[C@@H](O)[C@H](O)[C@H]1O. The van der Waals surface area contributed by atoms with Crippen molar-refractivity contribution >= 4 is 23.6 Å². The van der Waals surface area contributed by atoms with E-state index in [1.807, 2.05) is 0 Å². The summed E-state index contributed by atoms with van der Waals surface area (Å²) >= 11 is 0. The number of hydrogen-bond acceptors (Lipinski definition) is 16. The summed E-state index contributed by atoms with van der Waals surface area (Å²) in [6.45, 7) is -1.38. The van der Waals surface area contributed by atoms with Gasteiger partial charge < -0.3 is 74.7 Å². The molecule has 268 valence electrons. The third-order valence-electron chi connectivity index (χ3n) is 8.46. The van der Waals surface area contributed by atoms with Crippen molar-refractivity contribution in [1.82, 2.24) is 0 Å². The molecule has 2 aromatic rings. The number of carboxylic acid groups (broad SMARTS) is 1. The van der Waals surface area contributed by atoms with Gasteiger partial charge in [-0.1, -0.05) is 6.07 Å². The molecule has 3 aliphatic rings. The average Bonchev–Trinajstić information content (AvgIpc) is 3.46. The smallest absolute Gasteiger partial charge is 0.327 e. The largest absolute Gasteiger partial charge is 0.504 e. The first-order chi connectivity index (χ1) is 23.3. The number of anilines is 1. The first-order valence-electron chi connectivity index (χ1n) is 15.0. The fourth-order valence-corrected chi connectivity index (χ4v) is 5.73. The standard InChI is InChI=1S/C31H37NO17/c1-45-19-6-12(2-4-17(19)46-30-27(41)25(39)23(37)20(10-33)48-30)3-5-22(36)32-14-9-18(16(35)8-13(14)7-15(32)29(43)44)47-31-28(42)26(40)24(38)21(11-34)49-31/h2-6,8-9,15,20-21,23-28,30-31,33-35,37-42H,7,10-11H2,1H3,(H,43,44)/b5-3+/t15-,20+,21+,23+,24+,25-,26-,27+,28+,30+,31+/m0/s1. The van der Waals surface area contributed by atoms with Gasteiger partial charge in [0, 0.05) is 18.6 Å². The van der Waals surface area contributed by atoms with E-state index in [0.29, 0.717) is 5.56 Å². The van der Waals surface area contributed by atoms with Crippen molar-refractivity contribution in [3.8, 4) is 23.0 Å². The number of benzene rings is 2. The number of rotatable bonds is 10. The van der Waals surface area contributed by atoms with E-state index in [-0.39, 0.29) is 34.9 Å². The second-order valence-corrected chi connectivity index (χ2v) is 11.6. The number of aliphatic hydroxyl groups is 8. The third-order valence-corrected chi connectivity index (χ3v) is 8.46. The lowest BCUT2D eigenvalue weighted by Crippen LogP contribution is -2.60. The Labute approximate surface area is 277 Å². The molecule has 49 heavy (non-hydrogen) atoms. The molecule has 3 heterocycles. The van der Waals surface area contributed by atoms with Crippen LogP contribution in [0.3, 0.4) is 0 Å². The summed E-state index contributed by atoms with van der Waals surface area (Å²) in [5, 5.41) is 100. The number of aliphatic carboxylic acids is 1. The van der Waals surface area contributed by atoms with Crippen LogP contribution < -0.4 is 19.1 Å². The molecule has 0 unspecified atom stereocenters. The molecule has 0 saturated carbocycles. The van der Waals surface area contributed by atoms with Crippen LogP contribution in [0.15, 0.2) is 36.4 Å². The Bertz CT molecular complexity index is 1550. The van der Waals surface area contributed by atoms with Crippen LogP contribution >= 0.6 is 0 Å². The van der Waals surface area contributed by atoms with Crippen molar-refractivity contribution in [2.75, 3.05) is 25.2 Å². The molecule has 1 amide bonds. The van der Waals surface area contributed by atoms with Gasteiger partial charge >= 0.3 is 5.97 Å². The number of carbonyl (C=O) groups is 2. The lowest BCUT2D eigenvalue weighted by Gasteiger charge is -2.39. The lowest BCUT2D eigenvalue weighted by molar-refractivity contribution is -0.277. The second kappa shape index (κ2) is 14.8. The molecule has 0 spiro atoms. The normalized spacial score (nSPS) is 32.9. The number of amides is 1. The van der Waals surface area contributed by atoms with E-state index in [9.17, 15) is 60.7 Å². The van der Waals surface area contributed by atoms with Crippen LogP contribution in [0.2, 0.25) is 0 Å². The van der Waals surface area contributed by atoms with E-state index < -0.39 is 98.3 Å². The molecule has 10 N–H and O–H groups in total. The van der Waals surface area contributed by atoms with E-state index >= 15 is 0 Å². The van der Waals surface area contributed by atoms with Gasteiger partial charge in [0.15, 0.2) is 23.0 Å². The molecule has 2 fully saturated rings. The van der Waals surface area contributed by atoms with Crippen molar-refractivity contribution in [2.24, 2.45) is 0 Å². The Morgan fingerprint density at radius 2 is 1.39 bits per heavy atom. The van der Waals surface area contributed by atoms with Crippen molar-refractivity contribution in [1.29, 1.82) is 0 Å². The summed E-state index contributed by atoms with van der Waals surface area (Å²) in [5.41, 5.74) is 0.722. The Hall–Kier alpha value is -4.08. The summed E-state index contributed by atoms with van der Waals surface area (Å²) in [7, 11) is 1.31. The van der Waals surface area contributed by atoms with Gasteiger partial charge in [-0.2, -0.15) is 0 Å². The fraction of sp³-hybridized carbons (Fsp3) is 0.484. The maximum atomic E-state index is 13.5. The lowest BCUT2D eigenvalue weighted by atomic mass is 9.99. The first kappa shape index (κ1) is 36.2. The predicted octanol–water partition coefficient (Wildman–Crippen LogP) is -3.19. The zero-order valence-corrected chi connectivity index (χ0v) is 25.8. The molecular formula is C31H37NO17. The molecular weight excluding hydrogens is 658 g/mol. The molecule has 0 aromatic heterocycles. The minimum atomic E-state index is -1.80. The number of ether oxygens (including phenoxy) is 5. The summed E-state index contributed by atoms with van der Waals surface area (Å²) in [5.74, 6) is -2.83. The van der Waals surface area contributed by atoms with Gasteiger partial charge in [0.05, 0.1) is 26.0 Å². The van der Waals surface area contributed by atoms with E-state index in [1.54, 1.807) is 0 Å². The Kier molecular flexibility index (Phi) is 10.9. The van der Waals surface area contributed by atoms with Crippen LogP contribution in [-0.4, -0.2) is 151 Å². The highest BCUT2D eigenvalue weighted by atomic mass is 16.7. The number of aromatic hydroxyl groups is 1. The molecule has 0 radical (unpaired) electrons. The summed E-state index contributed by atoms with van der Waals surface area (Å²) in [4.78, 5) is 26.6. The Morgan fingerprint density at radius 3 is 1.92 bits per heavy atom. The van der Waals surface area contributed by atoms with Crippen LogP contribution in [0.25, 0.3) is 6.08 Å². The number of hydrogen-bond donors (Lipinski definition) is 10. The molecule has 18 nitrogen and oxygen atoms in total. The highest BCUT2D eigenvalue weighted by molar-refractivity contribution is 6.09. The monoisotopic (exact) mass is 695 g/mol. The number of phenolic OH excluding ortho intramolecular Hbond substituents is 1. The van der Waals surface area contributed by atoms with Gasteiger partial charge in [0.2, 0.25) is 12.6 Å². The minimum Gasteiger partial charge on any atom is -0.504 e. The van der Waals surface area contributed by atoms with Crippen LogP contribution in [-0.2, 0) is 25.5 Å². The molecule has 11 atom stereocenters. The van der Waals surface area contributed by atoms with Gasteiger partial charge in [-0.3, -0.25) is 9.69 Å². The number of fused-ring (bicyclic) bond motifs is 1. The Balaban J connectivity index is 1.36.